The summed E-state index contributed by atoms with van der Waals surface area (Å²) in [6.45, 7) is 10.9. The molecule has 34 heavy (non-hydrogen) atoms. The Morgan fingerprint density at radius 2 is 1.97 bits per heavy atom. The summed E-state index contributed by atoms with van der Waals surface area (Å²) >= 11 is 1.07. The molecule has 1 N–H and O–H groups in total. The number of nitrogens with zero attached hydrogens (tertiary/aromatic N) is 3. The third-order valence-electron chi connectivity index (χ3n) is 5.59. The summed E-state index contributed by atoms with van der Waals surface area (Å²) in [6, 6.07) is 11.4. The third-order valence-corrected chi connectivity index (χ3v) is 6.83. The highest BCUT2D eigenvalue weighted by Gasteiger charge is 2.61. The summed E-state index contributed by atoms with van der Waals surface area (Å²) in [5.41, 5.74) is 4.08. The second-order valence-corrected chi connectivity index (χ2v) is 9.42. The van der Waals surface area contributed by atoms with Crippen molar-refractivity contribution in [2.24, 2.45) is 5.10 Å². The summed E-state index contributed by atoms with van der Waals surface area (Å²) in [6.07, 6.45) is 1.66. The molecule has 2 aromatic carbocycles. The minimum Gasteiger partial charge on any atom is -0.489 e. The van der Waals surface area contributed by atoms with Crippen LogP contribution in [-0.2, 0) is 25.8 Å². The third kappa shape index (κ3) is 3.86. The molecule has 8 nitrogen and oxygen atoms in total. The Labute approximate surface area is 202 Å². The van der Waals surface area contributed by atoms with Crippen LogP contribution in [0.5, 0.6) is 5.75 Å². The van der Waals surface area contributed by atoms with E-state index in [1.54, 1.807) is 11.0 Å². The molecule has 0 bridgehead atoms. The number of hydrazone groups is 1. The Morgan fingerprint density at radius 1 is 1.24 bits per heavy atom. The van der Waals surface area contributed by atoms with E-state index in [4.69, 9.17) is 4.74 Å². The molecule has 0 aromatic heterocycles. The molecule has 9 heteroatoms. The smallest absolute Gasteiger partial charge is 0.271 e. The van der Waals surface area contributed by atoms with Gasteiger partial charge in [-0.2, -0.15) is 5.01 Å². The van der Waals surface area contributed by atoms with E-state index in [-0.39, 0.29) is 23.5 Å². The molecule has 0 aliphatic carbocycles. The van der Waals surface area contributed by atoms with Crippen molar-refractivity contribution in [3.8, 4) is 5.75 Å². The van der Waals surface area contributed by atoms with Crippen LogP contribution in [0.1, 0.15) is 36.1 Å². The Bertz CT molecular complexity index is 1240. The molecule has 0 fully saturated rings. The summed E-state index contributed by atoms with van der Waals surface area (Å²) in [5.74, 6) is -0.384. The summed E-state index contributed by atoms with van der Waals surface area (Å²) in [4.78, 5) is 38.8. The zero-order chi connectivity index (χ0) is 24.6. The van der Waals surface area contributed by atoms with Crippen molar-refractivity contribution in [3.05, 3.63) is 71.3 Å². The largest absolute Gasteiger partial charge is 0.489 e. The van der Waals surface area contributed by atoms with E-state index >= 15 is 0 Å². The predicted molar refractivity (Wildman–Crippen MR) is 132 cm³/mol. The minimum atomic E-state index is -1.44. The number of fused-ring (bicyclic) bond motifs is 2. The minimum absolute atomic E-state index is 0.206. The van der Waals surface area contributed by atoms with Crippen LogP contribution in [0, 0.1) is 13.8 Å². The molecule has 0 saturated carbocycles. The van der Waals surface area contributed by atoms with Gasteiger partial charge in [0, 0.05) is 25.0 Å². The number of carbonyl (C=O) groups is 3. The van der Waals surface area contributed by atoms with Gasteiger partial charge in [0.05, 0.1) is 12.2 Å². The molecule has 1 spiro atoms. The van der Waals surface area contributed by atoms with E-state index in [1.807, 2.05) is 50.2 Å². The number of thioether (sulfide) groups is 1. The fourth-order valence-electron chi connectivity index (χ4n) is 4.38. The van der Waals surface area contributed by atoms with Crippen LogP contribution in [0.2, 0.25) is 0 Å². The van der Waals surface area contributed by atoms with E-state index < -0.39 is 10.8 Å². The molecule has 2 aliphatic rings. The van der Waals surface area contributed by atoms with Gasteiger partial charge in [0.25, 0.3) is 5.91 Å². The number of hydrogen-bond donors (Lipinski definition) is 1. The van der Waals surface area contributed by atoms with E-state index in [0.717, 1.165) is 34.1 Å². The first-order valence-electron chi connectivity index (χ1n) is 10.8. The van der Waals surface area contributed by atoms with Crippen LogP contribution in [-0.4, -0.2) is 34.5 Å². The first-order chi connectivity index (χ1) is 16.2. The molecule has 0 radical (unpaired) electrons. The van der Waals surface area contributed by atoms with Gasteiger partial charge in [-0.05, 0) is 37.2 Å². The summed E-state index contributed by atoms with van der Waals surface area (Å²) in [5, 5.41) is 8.34. The number of amidine groups is 1. The second-order valence-electron chi connectivity index (χ2n) is 8.24. The van der Waals surface area contributed by atoms with Crippen molar-refractivity contribution in [2.75, 3.05) is 11.5 Å². The molecule has 3 amide bonds. The number of nitrogens with one attached hydrogen (secondary N) is 1. The highest BCUT2D eigenvalue weighted by Crippen LogP contribution is 2.56. The molecule has 2 aliphatic heterocycles. The van der Waals surface area contributed by atoms with Crippen LogP contribution < -0.4 is 15.0 Å². The zero-order valence-corrected chi connectivity index (χ0v) is 20.4. The van der Waals surface area contributed by atoms with Gasteiger partial charge in [0.2, 0.25) is 16.7 Å². The van der Waals surface area contributed by atoms with Crippen LogP contribution in [0.4, 0.5) is 5.69 Å². The monoisotopic (exact) mass is 478 g/mol. The Hall–Kier alpha value is -3.59. The van der Waals surface area contributed by atoms with Crippen molar-refractivity contribution < 1.29 is 19.1 Å². The fourth-order valence-corrected chi connectivity index (χ4v) is 5.70. The number of amides is 3. The van der Waals surface area contributed by atoms with Crippen molar-refractivity contribution in [1.29, 1.82) is 0 Å². The van der Waals surface area contributed by atoms with Crippen LogP contribution >= 0.6 is 11.8 Å². The lowest BCUT2D eigenvalue weighted by Crippen LogP contribution is -2.48. The number of benzene rings is 2. The number of aryl methyl sites for hydroxylation is 2. The standard InChI is InChI=1S/C25H26N4O4S/c1-6-11-33-21-10-8-7-9-19(21)14-28-22-16(3)12-15(2)13-20(22)25(23(28)32)29(18(5)31)27-24(34-25)26-17(4)30/h6-10,12-13H,1,11,14H2,2-5H3,(H,26,27,30)/t25-/m1/s1. The Morgan fingerprint density at radius 3 is 2.65 bits per heavy atom. The van der Waals surface area contributed by atoms with Gasteiger partial charge in [-0.3, -0.25) is 14.4 Å². The molecular weight excluding hydrogens is 452 g/mol. The number of carbonyl (C=O) groups excluding carboxylic acids is 3. The van der Waals surface area contributed by atoms with Gasteiger partial charge >= 0.3 is 0 Å². The Balaban J connectivity index is 1.85. The van der Waals surface area contributed by atoms with Gasteiger partial charge in [0.1, 0.15) is 12.4 Å². The molecule has 2 aromatic rings. The van der Waals surface area contributed by atoms with Crippen molar-refractivity contribution >= 4 is 40.3 Å². The van der Waals surface area contributed by atoms with Gasteiger partial charge in [-0.1, -0.05) is 48.6 Å². The average Bonchev–Trinajstić information content (AvgIpc) is 3.25. The van der Waals surface area contributed by atoms with Crippen LogP contribution in [0.3, 0.4) is 0 Å². The molecule has 4 rings (SSSR count). The first kappa shape index (κ1) is 23.6. The van der Waals surface area contributed by atoms with Gasteiger partial charge in [-0.15, -0.1) is 5.10 Å². The molecular formula is C25H26N4O4S. The number of para-hydroxylation sites is 1. The summed E-state index contributed by atoms with van der Waals surface area (Å²) in [7, 11) is 0. The number of hydrogen-bond acceptors (Lipinski definition) is 6. The highest BCUT2D eigenvalue weighted by molar-refractivity contribution is 8.15. The average molecular weight is 479 g/mol. The Kier molecular flexibility index (Phi) is 6.22. The van der Waals surface area contributed by atoms with Crippen molar-refractivity contribution in [1.82, 2.24) is 10.3 Å². The quantitative estimate of drug-likeness (QED) is 0.664. The van der Waals surface area contributed by atoms with Crippen molar-refractivity contribution in [2.45, 2.75) is 39.1 Å². The van der Waals surface area contributed by atoms with Gasteiger partial charge in [-0.25, -0.2) is 0 Å². The fraction of sp³-hybridized carbons (Fsp3) is 0.280. The zero-order valence-electron chi connectivity index (χ0n) is 19.5. The topological polar surface area (TPSA) is 91.3 Å². The van der Waals surface area contributed by atoms with E-state index in [9.17, 15) is 14.4 Å². The predicted octanol–water partition coefficient (Wildman–Crippen LogP) is 3.57. The first-order valence-corrected chi connectivity index (χ1v) is 11.6. The number of rotatable bonds is 5. The number of anilines is 1. The second kappa shape index (κ2) is 8.98. The lowest BCUT2D eigenvalue weighted by atomic mass is 10.0. The molecule has 176 valence electrons. The SMILES string of the molecule is C=CCOc1ccccc1CN1C(=O)[C@]2(SC(NC(C)=O)=NN2C(C)=O)c2cc(C)cc(C)c21. The maximum absolute atomic E-state index is 14.2. The molecule has 1 atom stereocenters. The summed E-state index contributed by atoms with van der Waals surface area (Å²) < 4.78 is 5.81. The molecule has 0 unspecified atom stereocenters. The highest BCUT2D eigenvalue weighted by atomic mass is 32.2. The van der Waals surface area contributed by atoms with E-state index in [0.29, 0.717) is 17.9 Å². The van der Waals surface area contributed by atoms with Crippen LogP contribution in [0.15, 0.2) is 54.2 Å². The molecule has 0 saturated heterocycles. The maximum atomic E-state index is 14.2. The van der Waals surface area contributed by atoms with Gasteiger partial charge < -0.3 is 15.0 Å². The molecule has 2 heterocycles. The maximum Gasteiger partial charge on any atom is 0.271 e. The normalized spacial score (nSPS) is 18.7. The lowest BCUT2D eigenvalue weighted by Gasteiger charge is -2.29. The van der Waals surface area contributed by atoms with Crippen molar-refractivity contribution in [3.63, 3.8) is 0 Å². The van der Waals surface area contributed by atoms with Crippen LogP contribution in [0.25, 0.3) is 0 Å². The van der Waals surface area contributed by atoms with E-state index in [1.165, 1.54) is 18.9 Å². The van der Waals surface area contributed by atoms with Gasteiger partial charge in [0.15, 0.2) is 5.17 Å². The van der Waals surface area contributed by atoms with E-state index in [2.05, 4.69) is 17.0 Å². The lowest BCUT2D eigenvalue weighted by molar-refractivity contribution is -0.139. The number of ether oxygens (including phenoxy) is 1.